The number of rotatable bonds is 34. The Balaban J connectivity index is 0.000000157. The van der Waals surface area contributed by atoms with E-state index in [1.165, 1.54) is 130 Å². The second kappa shape index (κ2) is 53.3. The number of nitrogens with one attached hydrogen (secondary N) is 2. The Morgan fingerprint density at radius 3 is 1.08 bits per heavy atom. The number of aromatic nitrogens is 8. The highest BCUT2D eigenvalue weighted by Gasteiger charge is 2.54. The Morgan fingerprint density at radius 2 is 0.766 bits per heavy atom. The standard InChI is InChI=1S/C16H19N3O4.C16H36N.C15H16N4O3.C14H16N2O4.2C8H10N4O6S.C8H10N4O3.CH3I.CH4N2O/c20-9-8-17-15(21)14-7-6-13-10-18(14)16(22)19(13)23-11-12-4-2-1-3-5-12;1-5-9-13-17(14-10-6-2,15-11-7-3)16-12-8-4;20-15-18-8-12(6-7-13(18)14-17-16-10-21-14)19(15)22-9-11-4-2-1-3-5-11;17-13(18)12-7-6-11-8-15(12)14(19)16(11)20-9-10-4-2-1-3-5-10;2*13-8-11-3-5(12(8)18-19(14,15)16)1-2-6(11)7-10-9-4-17-7;13-8-11-3-5(12(8)14)1-2-6(11)7-10-9-4-15-7;1-2;2-3-1-4/h1-5,9,13-14H,6-8,10-11H2,(H,17,21);5-16H2,1-4H3;1-5,10,12-13H,6-9H2;1-5,11-12H,6-9H2,(H,17,18);2*4-6H,1-3H2,(H,14,15,16);4-6,14H,1-3H2;1H3;1H,2H2,(H,3,4)/q;+1;;;;;;;/p-1/t13-,14+;;12-,13+;11-,12+;3*5-,6+;;/m1.11111../s1/i;;;;;;;1D;. The predicted octanol–water partition coefficient (Wildman–Crippen LogP) is 8.52. The Morgan fingerprint density at radius 1 is 0.475 bits per heavy atom. The smallest absolute Gasteiger partial charge is 0.418 e. The van der Waals surface area contributed by atoms with Crippen molar-refractivity contribution in [2.75, 3.05) is 76.9 Å². The summed E-state index contributed by atoms with van der Waals surface area (Å²) in [5, 5.41) is 57.0. The summed E-state index contributed by atoms with van der Waals surface area (Å²) in [6.45, 7) is 18.6. The fourth-order valence-electron chi connectivity index (χ4n) is 18.6. The van der Waals surface area contributed by atoms with Crippen LogP contribution in [0, 0.1) is 0 Å². The van der Waals surface area contributed by atoms with Gasteiger partial charge < -0.3 is 71.3 Å². The number of hydroxylamine groups is 12. The molecule has 772 valence electrons. The molecule has 4 aromatic heterocycles. The van der Waals surface area contributed by atoms with Gasteiger partial charge in [-0.05, 0) is 124 Å². The molecule has 12 atom stereocenters. The van der Waals surface area contributed by atoms with Crippen LogP contribution in [-0.4, -0.2) is 327 Å². The van der Waals surface area contributed by atoms with Gasteiger partial charge in [0.1, 0.15) is 62.4 Å². The SMILES string of the molecule is CCCC[N+](CCCC)(CCCC)CCCC.NNC=O.O=C(O)[C@@H]1CC[C@@H]2CN1C(=O)N2OCc1ccccc1.O=C1N(O)[C@@H]2CC[C@@H](c3nnco3)N1C2.O=C1N2C[C@@H](CC[C@H]2c2nnco2)N1OCc1ccccc1.O=C1N2C[C@@H](CC[C@H]2c2nnco2)N1OS(=O)(=O)O.O=C1N2C[C@@H](CC[C@H]2c2nnco2)N1OS(=O)(=O)[O-].O=CCNC(=O)[C@@H]1CC[C@@H]2CN1C(=O)N2OCc1ccccc1.[2H]CI. The highest BCUT2D eigenvalue weighted by molar-refractivity contribution is 14.1. The Bertz CT molecular complexity index is 5210. The number of carboxylic acids is 1. The zero-order valence-electron chi connectivity index (χ0n) is 79.6. The van der Waals surface area contributed by atoms with Crippen molar-refractivity contribution in [3.8, 4) is 0 Å². The van der Waals surface area contributed by atoms with Gasteiger partial charge >= 0.3 is 52.6 Å². The average molecular weight is 2130 g/mol. The second-order valence-electron chi connectivity index (χ2n) is 34.6. The molecular formula is C87H123IN24O27S2. The number of alkyl halides is 1. The number of carbonyl (C=O) groups excluding carboxylic acids is 9. The third-order valence-electron chi connectivity index (χ3n) is 25.6. The summed E-state index contributed by atoms with van der Waals surface area (Å²) < 4.78 is 98.4. The lowest BCUT2D eigenvalue weighted by Crippen LogP contribution is -2.50. The van der Waals surface area contributed by atoms with Crippen molar-refractivity contribution in [2.24, 2.45) is 5.84 Å². The molecule has 54 heteroatoms. The van der Waals surface area contributed by atoms with Gasteiger partial charge in [-0.2, -0.15) is 38.0 Å². The minimum atomic E-state index is -4.97. The van der Waals surface area contributed by atoms with Crippen LogP contribution in [0.5, 0.6) is 0 Å². The number of aliphatic carboxylic acids is 1. The monoisotopic (exact) mass is 2130 g/mol. The number of benzene rings is 3. The molecule has 12 bridgehead atoms. The van der Waals surface area contributed by atoms with Crippen LogP contribution in [0.25, 0.3) is 0 Å². The summed E-state index contributed by atoms with van der Waals surface area (Å²) in [7, 11) is -9.70. The largest absolute Gasteiger partial charge is 0.724 e. The molecule has 0 saturated carbocycles. The number of unbranched alkanes of at least 4 members (excludes halogenated alkanes) is 4. The average Bonchev–Trinajstić information content (AvgIpc) is 1.63. The van der Waals surface area contributed by atoms with Crippen LogP contribution in [-0.2, 0) is 82.9 Å². The fraction of sp³-hybridized carbons (Fsp3) is 0.586. The van der Waals surface area contributed by atoms with Crippen molar-refractivity contribution in [3.05, 3.63) is 157 Å². The van der Waals surface area contributed by atoms with Gasteiger partial charge in [0, 0.05) is 40.6 Å². The molecule has 19 rings (SSSR count). The summed E-state index contributed by atoms with van der Waals surface area (Å²) in [5.41, 5.74) is 4.75. The van der Waals surface area contributed by atoms with E-state index in [1.54, 1.807) is 15.2 Å². The highest BCUT2D eigenvalue weighted by atomic mass is 127. The summed E-state index contributed by atoms with van der Waals surface area (Å²) in [5.74, 6) is 4.69. The first-order chi connectivity index (χ1) is 68.4. The van der Waals surface area contributed by atoms with E-state index in [4.69, 9.17) is 48.0 Å². The van der Waals surface area contributed by atoms with E-state index in [2.05, 4.69) is 88.2 Å². The zero-order chi connectivity index (χ0) is 102. The van der Waals surface area contributed by atoms with Gasteiger partial charge in [-0.25, -0.2) is 52.9 Å². The molecule has 0 radical (unpaired) electrons. The molecule has 0 spiro atoms. The summed E-state index contributed by atoms with van der Waals surface area (Å²) in [6, 6.07) is 23.2. The number of aldehydes is 1. The van der Waals surface area contributed by atoms with Crippen molar-refractivity contribution in [1.82, 2.24) is 111 Å². The number of quaternary nitrogens is 1. The molecule has 7 aromatic rings. The topological polar surface area (TPSA) is 614 Å². The van der Waals surface area contributed by atoms with Gasteiger partial charge in [0.15, 0.2) is 0 Å². The molecule has 12 aliphatic heterocycles. The van der Waals surface area contributed by atoms with Gasteiger partial charge in [-0.1, -0.05) is 167 Å². The maximum Gasteiger partial charge on any atom is 0.418 e. The lowest BCUT2D eigenvalue weighted by Gasteiger charge is -2.39. The molecule has 14 amide bonds. The zero-order valence-corrected chi connectivity index (χ0v) is 82.4. The normalized spacial score (nSPS) is 23.3. The maximum absolute atomic E-state index is 12.6. The van der Waals surface area contributed by atoms with Crippen molar-refractivity contribution in [1.29, 1.82) is 0 Å². The van der Waals surface area contributed by atoms with Crippen molar-refractivity contribution < 1.29 is 131 Å². The molecular weight excluding hydrogens is 2000 g/mol. The Labute approximate surface area is 829 Å². The fourth-order valence-corrected chi connectivity index (χ4v) is 19.4. The minimum Gasteiger partial charge on any atom is -0.724 e. The van der Waals surface area contributed by atoms with E-state index in [-0.39, 0.29) is 91.8 Å². The van der Waals surface area contributed by atoms with Crippen molar-refractivity contribution >= 4 is 104 Å². The molecule has 0 aliphatic carbocycles. The molecule has 51 nitrogen and oxygen atoms in total. The minimum absolute atomic E-state index is 0.0265. The van der Waals surface area contributed by atoms with Gasteiger partial charge in [0.2, 0.25) is 71.9 Å². The lowest BCUT2D eigenvalue weighted by molar-refractivity contribution is -0.929. The highest BCUT2D eigenvalue weighted by Crippen LogP contribution is 2.43. The number of amides is 14. The first-order valence-corrected chi connectivity index (χ1v) is 50.9. The predicted molar refractivity (Wildman–Crippen MR) is 496 cm³/mol. The van der Waals surface area contributed by atoms with Crippen LogP contribution in [0.3, 0.4) is 0 Å². The van der Waals surface area contributed by atoms with Crippen LogP contribution in [0.4, 0.5) is 28.8 Å². The van der Waals surface area contributed by atoms with Crippen LogP contribution < -0.4 is 16.6 Å². The van der Waals surface area contributed by atoms with Crippen LogP contribution in [0.1, 0.15) is 222 Å². The van der Waals surface area contributed by atoms with Crippen molar-refractivity contribution in [3.63, 3.8) is 0 Å². The number of carboxylic acid groups (broad SMARTS) is 1. The number of nitrogens with two attached hydrogens (primary N) is 1. The van der Waals surface area contributed by atoms with E-state index >= 15 is 0 Å². The lowest BCUT2D eigenvalue weighted by atomic mass is 10.0. The molecule has 12 fully saturated rings. The number of nitrogens with zero attached hydrogens (tertiary/aromatic N) is 21. The maximum atomic E-state index is 12.6. The van der Waals surface area contributed by atoms with E-state index in [0.29, 0.717) is 143 Å². The summed E-state index contributed by atoms with van der Waals surface area (Å²) in [6.07, 6.45) is 24.6. The molecule has 141 heavy (non-hydrogen) atoms. The molecule has 16 heterocycles. The van der Waals surface area contributed by atoms with Crippen LogP contribution in [0.15, 0.2) is 134 Å². The first-order valence-electron chi connectivity index (χ1n) is 47.4. The third kappa shape index (κ3) is 29.2. The third-order valence-corrected chi connectivity index (χ3v) is 26.2. The molecule has 12 aliphatic rings. The molecule has 0 unspecified atom stereocenters. The first kappa shape index (κ1) is 108. The number of urea groups is 6. The van der Waals surface area contributed by atoms with Gasteiger partial charge in [0.05, 0.1) is 69.0 Å². The Hall–Kier alpha value is -11.8. The number of carbonyl (C=O) groups is 10. The summed E-state index contributed by atoms with van der Waals surface area (Å²) >= 11 is 1.96. The quantitative estimate of drug-likeness (QED) is 0.00210. The van der Waals surface area contributed by atoms with Crippen LogP contribution in [0.2, 0.25) is 0 Å². The molecule has 12 saturated heterocycles. The second-order valence-corrected chi connectivity index (χ2v) is 36.6. The molecule has 7 N–H and O–H groups in total. The van der Waals surface area contributed by atoms with E-state index in [0.717, 1.165) is 60.2 Å². The van der Waals surface area contributed by atoms with E-state index < -0.39 is 75.1 Å². The van der Waals surface area contributed by atoms with E-state index in [1.807, 2.05) is 114 Å². The number of halogens is 1. The number of hydrazine groups is 1. The Kier molecular flexibility index (Phi) is 40.8. The molecule has 3 aromatic carbocycles. The van der Waals surface area contributed by atoms with E-state index in [9.17, 15) is 69.7 Å². The van der Waals surface area contributed by atoms with Gasteiger partial charge in [-0.15, -0.1) is 45.1 Å². The van der Waals surface area contributed by atoms with Gasteiger partial charge in [0.25, 0.3) is 0 Å². The summed E-state index contributed by atoms with van der Waals surface area (Å²) in [4.78, 5) is 142. The van der Waals surface area contributed by atoms with Crippen molar-refractivity contribution in [2.45, 2.75) is 248 Å². The number of hydrogen-bond donors (Lipinski definition) is 6. The number of fused-ring (bicyclic) bond motifs is 12. The van der Waals surface area contributed by atoms with Crippen LogP contribution >= 0.6 is 22.6 Å². The number of hydrogen-bond acceptors (Lipinski definition) is 34. The van der Waals surface area contributed by atoms with Gasteiger partial charge in [-0.3, -0.25) is 39.3 Å². The number of piperidine rings is 6.